The first-order valence-corrected chi connectivity index (χ1v) is 21.7. The van der Waals surface area contributed by atoms with Crippen LogP contribution in [0.25, 0.3) is 5.82 Å². The molecule has 9 rings (SSSR count). The highest BCUT2D eigenvalue weighted by atomic mass is 32.2. The van der Waals surface area contributed by atoms with Gasteiger partial charge in [0.1, 0.15) is 26.5 Å². The predicted octanol–water partition coefficient (Wildman–Crippen LogP) is 3.55. The van der Waals surface area contributed by atoms with Gasteiger partial charge in [-0.3, -0.25) is 9.52 Å². The molecule has 4 bridgehead atoms. The third-order valence-corrected chi connectivity index (χ3v) is 15.2. The zero-order valence-electron chi connectivity index (χ0n) is 32.9. The Bertz CT molecular complexity index is 2210. The lowest BCUT2D eigenvalue weighted by Gasteiger charge is -2.41. The van der Waals surface area contributed by atoms with E-state index in [9.17, 15) is 14.1 Å². The van der Waals surface area contributed by atoms with Gasteiger partial charge in [-0.15, -0.1) is 5.10 Å². The molecule has 2 aliphatic heterocycles. The largest absolute Gasteiger partial charge is 0.454 e. The van der Waals surface area contributed by atoms with Crippen LogP contribution < -0.4 is 23.9 Å². The van der Waals surface area contributed by atoms with Crippen molar-refractivity contribution in [2.75, 3.05) is 23.3 Å². The highest BCUT2D eigenvalue weighted by molar-refractivity contribution is 7.97. The van der Waals surface area contributed by atoms with Crippen LogP contribution in [0.15, 0.2) is 70.7 Å². The number of amides is 1. The van der Waals surface area contributed by atoms with Crippen LogP contribution in [0.1, 0.15) is 74.7 Å². The SMILES string of the molecule is BC(O)(Oc1ccn(-c2ccc3c(n2)N2CC(CCCNc4nc(ccc4OS(=O)c4ccc(C)cc4)SNC3=O)CC2(C)C)n1)C(B)(B)C1C2(CC2)C12CC2. The Morgan fingerprint density at radius 2 is 1.73 bits per heavy atom. The van der Waals surface area contributed by atoms with Crippen molar-refractivity contribution < 1.29 is 23.0 Å². The lowest BCUT2D eigenvalue weighted by atomic mass is 9.42. The summed E-state index contributed by atoms with van der Waals surface area (Å²) in [5, 5.41) is 20.0. The summed E-state index contributed by atoms with van der Waals surface area (Å²) in [6.45, 7) is 7.77. The fraction of sp³-hybridized carbons (Fsp3) is 0.487. The summed E-state index contributed by atoms with van der Waals surface area (Å²) in [5.41, 5.74) is 0.663. The second-order valence-electron chi connectivity index (χ2n) is 17.9. The van der Waals surface area contributed by atoms with E-state index in [1.165, 1.54) is 25.7 Å². The number of carbonyl (C=O) groups is 1. The maximum absolute atomic E-state index is 14.0. The topological polar surface area (TPSA) is 144 Å². The Morgan fingerprint density at radius 3 is 2.45 bits per heavy atom. The van der Waals surface area contributed by atoms with Crippen molar-refractivity contribution >= 4 is 64.1 Å². The number of benzene rings is 1. The molecular formula is C39H48B3N7O5S2. The number of pyridine rings is 2. The number of rotatable bonds is 8. The molecule has 0 radical (unpaired) electrons. The molecule has 1 saturated heterocycles. The van der Waals surface area contributed by atoms with Crippen LogP contribution in [-0.2, 0) is 11.1 Å². The average Bonchev–Trinajstić information content (AvgIpc) is 4.11. The molecule has 56 heavy (non-hydrogen) atoms. The summed E-state index contributed by atoms with van der Waals surface area (Å²) in [5.74, 6) is 2.81. The Labute approximate surface area is 337 Å². The van der Waals surface area contributed by atoms with E-state index < -0.39 is 22.0 Å². The van der Waals surface area contributed by atoms with E-state index in [-0.39, 0.29) is 11.4 Å². The summed E-state index contributed by atoms with van der Waals surface area (Å²) in [4.78, 5) is 26.7. The zero-order chi connectivity index (χ0) is 39.3. The number of anilines is 2. The molecule has 3 aliphatic carbocycles. The quantitative estimate of drug-likeness (QED) is 0.137. The second-order valence-corrected chi connectivity index (χ2v) is 19.8. The molecule has 1 aromatic carbocycles. The lowest BCUT2D eigenvalue weighted by molar-refractivity contribution is -0.0868. The summed E-state index contributed by atoms with van der Waals surface area (Å²) >= 11 is -0.630. The number of nitrogens with zero attached hydrogens (tertiary/aromatic N) is 5. The maximum Gasteiger partial charge on any atom is 0.265 e. The smallest absolute Gasteiger partial charge is 0.265 e. The minimum Gasteiger partial charge on any atom is -0.454 e. The average molecular weight is 791 g/mol. The number of fused-ring (bicyclic) bond motifs is 7. The van der Waals surface area contributed by atoms with E-state index >= 15 is 0 Å². The van der Waals surface area contributed by atoms with Gasteiger partial charge in [-0.25, -0.2) is 18.9 Å². The molecule has 3 aromatic heterocycles. The van der Waals surface area contributed by atoms with Gasteiger partial charge >= 0.3 is 0 Å². The minimum atomic E-state index is -1.73. The van der Waals surface area contributed by atoms with Gasteiger partial charge < -0.3 is 24.2 Å². The normalized spacial score (nSPS) is 23.5. The van der Waals surface area contributed by atoms with Crippen LogP contribution in [0.2, 0.25) is 5.21 Å². The number of hydrogen-bond donors (Lipinski definition) is 3. The standard InChI is InChI=1S/C39H48B3N7O5S2/c1-23-6-8-25(9-7-23)56(52)54-27-11-13-30-45-31(27)43-19-4-5-24-21-35(2,3)48(22-24)32-26(33(50)47-55-30)10-12-28(44-32)49-20-14-29(46-49)53-39(42,51)38(40,41)34-36(15-16-36)37(34)17-18-37/h6-14,20,24,34,51H,4-5,15-19,21-22,40-42H2,1-3H3,(H,43,45)(H,47,50). The first kappa shape index (κ1) is 37.6. The number of hydrogen-bond acceptors (Lipinski definition) is 11. The van der Waals surface area contributed by atoms with Gasteiger partial charge in [-0.1, -0.05) is 17.7 Å². The van der Waals surface area contributed by atoms with E-state index in [1.807, 2.05) is 19.1 Å². The fourth-order valence-electron chi connectivity index (χ4n) is 10.2. The van der Waals surface area contributed by atoms with Crippen LogP contribution >= 0.6 is 11.9 Å². The summed E-state index contributed by atoms with van der Waals surface area (Å²) in [6, 6.07) is 16.2. The molecule has 4 aromatic rings. The second kappa shape index (κ2) is 13.3. The number of nitrogens with one attached hydrogen (secondary N) is 2. The molecule has 5 aliphatic rings. The number of ether oxygens (including phenoxy) is 1. The van der Waals surface area contributed by atoms with Crippen LogP contribution in [0.3, 0.4) is 0 Å². The third-order valence-electron chi connectivity index (χ3n) is 13.5. The summed E-state index contributed by atoms with van der Waals surface area (Å²) < 4.78 is 30.0. The van der Waals surface area contributed by atoms with Gasteiger partial charge in [-0.05, 0) is 130 Å². The molecular weight excluding hydrogens is 743 g/mol. The summed E-state index contributed by atoms with van der Waals surface area (Å²) in [6.07, 6.45) is 9.60. The van der Waals surface area contributed by atoms with Crippen molar-refractivity contribution in [3.8, 4) is 17.4 Å². The van der Waals surface area contributed by atoms with Crippen LogP contribution in [0, 0.1) is 29.6 Å². The van der Waals surface area contributed by atoms with Gasteiger partial charge in [0.15, 0.2) is 30.9 Å². The highest BCUT2D eigenvalue weighted by Crippen LogP contribution is 2.96. The van der Waals surface area contributed by atoms with E-state index in [2.05, 4.69) is 44.5 Å². The molecule has 17 heteroatoms. The van der Waals surface area contributed by atoms with Crippen molar-refractivity contribution in [1.29, 1.82) is 0 Å². The third kappa shape index (κ3) is 6.41. The van der Waals surface area contributed by atoms with E-state index in [0.29, 0.717) is 73.8 Å². The molecule has 3 saturated carbocycles. The van der Waals surface area contributed by atoms with Crippen LogP contribution in [0.4, 0.5) is 11.6 Å². The van der Waals surface area contributed by atoms with Crippen LogP contribution in [-0.4, -0.2) is 82.8 Å². The molecule has 290 valence electrons. The number of carbonyl (C=O) groups excluding carboxylic acids is 1. The number of aliphatic hydroxyl groups is 1. The van der Waals surface area contributed by atoms with Crippen molar-refractivity contribution in [2.24, 2.45) is 22.7 Å². The molecule has 3 atom stereocenters. The number of aryl methyl sites for hydroxylation is 1. The Kier molecular flexibility index (Phi) is 8.94. The van der Waals surface area contributed by atoms with Gasteiger partial charge in [0.25, 0.3) is 5.91 Å². The van der Waals surface area contributed by atoms with Crippen LogP contribution in [0.5, 0.6) is 11.6 Å². The van der Waals surface area contributed by atoms with E-state index in [0.717, 1.165) is 43.3 Å². The van der Waals surface area contributed by atoms with Crippen molar-refractivity contribution in [3.05, 3.63) is 71.9 Å². The molecule has 2 spiro atoms. The molecule has 12 nitrogen and oxygen atoms in total. The monoisotopic (exact) mass is 791 g/mol. The Hall–Kier alpha value is -3.95. The first-order chi connectivity index (χ1) is 26.6. The molecule has 5 heterocycles. The fourth-order valence-corrected chi connectivity index (χ4v) is 11.5. The molecule has 1 amide bonds. The Morgan fingerprint density at radius 1 is 1.00 bits per heavy atom. The van der Waals surface area contributed by atoms with Crippen molar-refractivity contribution in [1.82, 2.24) is 24.5 Å². The molecule has 3 N–H and O–H groups in total. The van der Waals surface area contributed by atoms with E-state index in [1.54, 1.807) is 61.2 Å². The number of aromatic nitrogens is 4. The maximum atomic E-state index is 14.0. The zero-order valence-corrected chi connectivity index (χ0v) is 34.6. The van der Waals surface area contributed by atoms with Gasteiger partial charge in [-0.2, -0.15) is 0 Å². The molecule has 4 fully saturated rings. The highest BCUT2D eigenvalue weighted by Gasteiger charge is 2.89. The minimum absolute atomic E-state index is 0.265. The van der Waals surface area contributed by atoms with E-state index in [4.69, 9.17) is 24.0 Å². The molecule has 3 unspecified atom stereocenters. The summed E-state index contributed by atoms with van der Waals surface area (Å²) in [7, 11) is 6.05. The lowest BCUT2D eigenvalue weighted by Crippen LogP contribution is -2.51. The van der Waals surface area contributed by atoms with Crippen molar-refractivity contribution in [3.63, 3.8) is 0 Å². The predicted molar refractivity (Wildman–Crippen MR) is 225 cm³/mol. The van der Waals surface area contributed by atoms with Crippen molar-refractivity contribution in [2.45, 2.75) is 92.1 Å². The van der Waals surface area contributed by atoms with Gasteiger partial charge in [0.2, 0.25) is 17.0 Å². The first-order valence-electron chi connectivity index (χ1n) is 19.8. The Balaban J connectivity index is 0.965. The van der Waals surface area contributed by atoms with Gasteiger partial charge in [0.05, 0.1) is 10.5 Å². The van der Waals surface area contributed by atoms with Gasteiger partial charge in [0, 0.05) is 42.8 Å².